The zero-order valence-electron chi connectivity index (χ0n) is 43.4. The normalized spacial score (nSPS) is 17.3. The van der Waals surface area contributed by atoms with Crippen LogP contribution >= 0.6 is 38.6 Å². The Balaban J connectivity index is 0.000000131. The number of hydrogen-bond acceptors (Lipinski definition) is 16. The largest absolute Gasteiger partial charge is 0.341 e. The molecule has 2 aliphatic carbocycles. The number of aromatic nitrogens is 16. The molecule has 8 aromatic rings. The van der Waals surface area contributed by atoms with E-state index >= 15 is 0 Å². The molecule has 4 aliphatic rings. The van der Waals surface area contributed by atoms with Crippen molar-refractivity contribution in [2.75, 3.05) is 9.80 Å². The van der Waals surface area contributed by atoms with Crippen LogP contribution in [0.2, 0.25) is 13.3 Å². The second-order valence-electron chi connectivity index (χ2n) is 20.0. The van der Waals surface area contributed by atoms with Crippen molar-refractivity contribution in [1.82, 2.24) is 78.5 Å². The van der Waals surface area contributed by atoms with Crippen LogP contribution in [0.3, 0.4) is 0 Å². The number of halogens is 1. The van der Waals surface area contributed by atoms with Gasteiger partial charge in [-0.2, -0.15) is 9.97 Å². The van der Waals surface area contributed by atoms with Gasteiger partial charge in [-0.3, -0.25) is 18.3 Å². The molecule has 0 N–H and O–H groups in total. The van der Waals surface area contributed by atoms with Crippen LogP contribution in [0.1, 0.15) is 161 Å². The summed E-state index contributed by atoms with van der Waals surface area (Å²) in [6, 6.07) is 1.31. The molecule has 390 valence electrons. The van der Waals surface area contributed by atoms with E-state index in [9.17, 15) is 0 Å². The Morgan fingerprint density at radius 2 is 1.07 bits per heavy atom. The average Bonchev–Trinajstić information content (AvgIpc) is 4.28. The van der Waals surface area contributed by atoms with Gasteiger partial charge in [-0.15, -0.1) is 31.7 Å². The van der Waals surface area contributed by atoms with E-state index in [4.69, 9.17) is 15.0 Å². The van der Waals surface area contributed by atoms with Gasteiger partial charge in [0.1, 0.15) is 52.7 Å². The third kappa shape index (κ3) is 10.9. The standard InChI is InChI=1S/C20H21N9S.C17H19BrN8.3C4H9.C3H2NS.Sn/c1-2-16-19-26-24-11-28(19)17-7-21-20(25-18(17)29(16)13-5-3-4-6-13)27-8-14(22-10-27)15-9-30-12-23-15;1-2-12-16-23-21-10-25(16)13-7-19-17(24-8-14(18)20-9-24)22-15(13)26(12)11-5-3-4-6-11;3*1-3-4-2;1-2-5-3-4-1;/h7-13,16H,2-6H2,1H3;7-12H,2-6H2,1H3;3*1,3-4H2,2H3;2-3H;/t16-;12-;;;;;/m11...../s1. The fourth-order valence-electron chi connectivity index (χ4n) is 11.6. The third-order valence-corrected chi connectivity index (χ3v) is 32.7. The van der Waals surface area contributed by atoms with Gasteiger partial charge >= 0.3 is 122 Å². The number of rotatable bonds is 17. The first-order chi connectivity index (χ1) is 36.4. The molecule has 0 amide bonds. The molecule has 0 bridgehead atoms. The van der Waals surface area contributed by atoms with E-state index in [1.807, 2.05) is 65.3 Å². The van der Waals surface area contributed by atoms with Gasteiger partial charge in [-0.1, -0.05) is 39.5 Å². The van der Waals surface area contributed by atoms with Crippen molar-refractivity contribution < 1.29 is 0 Å². The van der Waals surface area contributed by atoms with E-state index in [1.54, 1.807) is 40.4 Å². The summed E-state index contributed by atoms with van der Waals surface area (Å²) in [5, 5.41) is 21.6. The smallest absolute Gasteiger partial charge is 0.237 e. The molecule has 74 heavy (non-hydrogen) atoms. The van der Waals surface area contributed by atoms with Crippen LogP contribution in [0.5, 0.6) is 0 Å². The number of imidazole rings is 2. The summed E-state index contributed by atoms with van der Waals surface area (Å²) in [5.41, 5.74) is 7.44. The van der Waals surface area contributed by atoms with Crippen LogP contribution in [0.15, 0.2) is 76.5 Å². The minimum atomic E-state index is -2.13. The first kappa shape index (κ1) is 52.4. The molecule has 18 nitrogen and oxygen atoms in total. The van der Waals surface area contributed by atoms with Crippen LogP contribution in [-0.2, 0) is 0 Å². The molecule has 2 aliphatic heterocycles. The van der Waals surface area contributed by atoms with Crippen molar-refractivity contribution in [3.05, 3.63) is 88.1 Å². The van der Waals surface area contributed by atoms with Gasteiger partial charge in [0.05, 0.1) is 30.0 Å². The maximum absolute atomic E-state index is 5.02. The molecule has 10 heterocycles. The summed E-state index contributed by atoms with van der Waals surface area (Å²) in [7, 11) is 0. The first-order valence-corrected chi connectivity index (χ1v) is 37.2. The molecular formula is C52H69BrN18S2Sn. The topological polar surface area (TPSA) is 181 Å². The van der Waals surface area contributed by atoms with E-state index < -0.39 is 18.4 Å². The van der Waals surface area contributed by atoms with Crippen molar-refractivity contribution in [1.29, 1.82) is 0 Å². The summed E-state index contributed by atoms with van der Waals surface area (Å²) in [4.78, 5) is 41.9. The van der Waals surface area contributed by atoms with Gasteiger partial charge in [-0.05, 0) is 54.5 Å². The molecule has 8 aromatic heterocycles. The van der Waals surface area contributed by atoms with E-state index in [2.05, 4.69) is 117 Å². The number of thiazole rings is 2. The van der Waals surface area contributed by atoms with Crippen molar-refractivity contribution in [2.45, 2.75) is 175 Å². The maximum Gasteiger partial charge on any atom is 0.237 e. The summed E-state index contributed by atoms with van der Waals surface area (Å²) < 4.78 is 14.7. The van der Waals surface area contributed by atoms with Gasteiger partial charge in [0.2, 0.25) is 11.9 Å². The minimum absolute atomic E-state index is 0.166. The molecule has 2 atom stereocenters. The molecule has 0 radical (unpaired) electrons. The Morgan fingerprint density at radius 3 is 1.51 bits per heavy atom. The number of fused-ring (bicyclic) bond motifs is 6. The van der Waals surface area contributed by atoms with Gasteiger partial charge < -0.3 is 9.80 Å². The molecule has 2 fully saturated rings. The zero-order chi connectivity index (χ0) is 51.0. The molecule has 2 saturated carbocycles. The van der Waals surface area contributed by atoms with E-state index in [0.717, 1.165) is 63.5 Å². The van der Waals surface area contributed by atoms with E-state index in [-0.39, 0.29) is 12.1 Å². The Labute approximate surface area is 455 Å². The molecule has 0 unspecified atom stereocenters. The Morgan fingerprint density at radius 1 is 0.568 bits per heavy atom. The predicted octanol–water partition coefficient (Wildman–Crippen LogP) is 12.0. The number of unbranched alkanes of at least 4 members (excludes halogenated alkanes) is 3. The van der Waals surface area contributed by atoms with Crippen LogP contribution in [0.4, 0.5) is 11.6 Å². The molecule has 22 heteroatoms. The maximum atomic E-state index is 5.02. The first-order valence-electron chi connectivity index (χ1n) is 27.0. The van der Waals surface area contributed by atoms with Crippen molar-refractivity contribution in [3.8, 4) is 34.7 Å². The van der Waals surface area contributed by atoms with Gasteiger partial charge in [0.15, 0.2) is 23.3 Å². The van der Waals surface area contributed by atoms with Crippen LogP contribution < -0.4 is 13.5 Å². The quantitative estimate of drug-likeness (QED) is 0.0785. The van der Waals surface area contributed by atoms with Gasteiger partial charge in [0.25, 0.3) is 0 Å². The second kappa shape index (κ2) is 24.3. The molecule has 0 aromatic carbocycles. The van der Waals surface area contributed by atoms with Crippen molar-refractivity contribution >= 4 is 72.3 Å². The molecular weight excluding hydrogens is 1140 g/mol. The number of hydrogen-bond donors (Lipinski definition) is 0. The van der Waals surface area contributed by atoms with Crippen LogP contribution in [0.25, 0.3) is 34.7 Å². The fraction of sp³-hybridized carbons (Fsp3) is 0.538. The summed E-state index contributed by atoms with van der Waals surface area (Å²) in [6.45, 7) is 11.4. The Bertz CT molecular complexity index is 2990. The molecule has 12 rings (SSSR count). The minimum Gasteiger partial charge on any atom is -0.341 e. The van der Waals surface area contributed by atoms with Gasteiger partial charge in [-0.25, -0.2) is 24.9 Å². The summed E-state index contributed by atoms with van der Waals surface area (Å²) in [6.07, 6.45) is 34.6. The average molecular weight is 1210 g/mol. The third-order valence-electron chi connectivity index (χ3n) is 15.4. The zero-order valence-corrected chi connectivity index (χ0v) is 49.5. The molecule has 0 spiro atoms. The van der Waals surface area contributed by atoms with E-state index in [0.29, 0.717) is 24.0 Å². The number of anilines is 2. The predicted molar refractivity (Wildman–Crippen MR) is 299 cm³/mol. The summed E-state index contributed by atoms with van der Waals surface area (Å²) >= 11 is 4.62. The fourth-order valence-corrected chi connectivity index (χ4v) is 30.3. The van der Waals surface area contributed by atoms with Crippen LogP contribution in [-0.4, -0.2) is 109 Å². The van der Waals surface area contributed by atoms with Gasteiger partial charge in [0, 0.05) is 29.9 Å². The van der Waals surface area contributed by atoms with E-state index in [1.165, 1.54) is 103 Å². The SMILES string of the molecule is CCC[CH2][Sn]([CH2]CCC)([CH2]CCC)[c]1cscn1.CC[C@@H]1c2nncn2-c2cnc(-n3cnc(-c4cscn4)c3)nc2N1C1CCCC1.CC[C@@H]1c2nncn2-c2cnc(-n3cnc(Br)c3)nc2N1C1CCCC1. The van der Waals surface area contributed by atoms with Crippen molar-refractivity contribution in [2.24, 2.45) is 0 Å². The summed E-state index contributed by atoms with van der Waals surface area (Å²) in [5.74, 6) is 5.10. The number of nitrogens with zero attached hydrogens (tertiary/aromatic N) is 18. The van der Waals surface area contributed by atoms with Crippen LogP contribution in [0, 0.1) is 0 Å². The monoisotopic (exact) mass is 1210 g/mol. The second-order valence-corrected chi connectivity index (χ2v) is 35.3. The van der Waals surface area contributed by atoms with Crippen molar-refractivity contribution in [3.63, 3.8) is 0 Å². The Kier molecular flexibility index (Phi) is 17.2. The molecule has 0 saturated heterocycles. The Hall–Kier alpha value is -5.00.